The summed E-state index contributed by atoms with van der Waals surface area (Å²) in [7, 11) is 0. The fraction of sp³-hybridized carbons (Fsp3) is 0. The average Bonchev–Trinajstić information content (AvgIpc) is 2.67. The third-order valence-electron chi connectivity index (χ3n) is 2.99. The van der Waals surface area contributed by atoms with Gasteiger partial charge in [-0.3, -0.25) is 0 Å². The van der Waals surface area contributed by atoms with E-state index in [1.54, 1.807) is 36.4 Å². The lowest BCUT2D eigenvalue weighted by molar-refractivity contribution is -0.159. The summed E-state index contributed by atoms with van der Waals surface area (Å²) in [6.07, 6.45) is -2.67. The van der Waals surface area contributed by atoms with Crippen LogP contribution in [-0.2, 0) is 19.1 Å². The summed E-state index contributed by atoms with van der Waals surface area (Å²) in [6, 6.07) is 15.6. The van der Waals surface area contributed by atoms with Gasteiger partial charge in [0.25, 0.3) is 0 Å². The summed E-state index contributed by atoms with van der Waals surface area (Å²) in [5.41, 5.74) is 0.430. The fourth-order valence-electron chi connectivity index (χ4n) is 1.73. The first kappa shape index (κ1) is 18.6. The third kappa shape index (κ3) is 4.63. The Morgan fingerprint density at radius 2 is 0.923 bits per heavy atom. The molecule has 2 amide bonds. The molecule has 4 N–H and O–H groups in total. The zero-order valence-corrected chi connectivity index (χ0v) is 13.3. The highest BCUT2D eigenvalue weighted by Crippen LogP contribution is 2.12. The fourth-order valence-corrected chi connectivity index (χ4v) is 1.73. The molecule has 0 unspecified atom stereocenters. The van der Waals surface area contributed by atoms with Crippen LogP contribution < -0.4 is 21.7 Å². The highest BCUT2D eigenvalue weighted by Gasteiger charge is 2.28. The van der Waals surface area contributed by atoms with Crippen LogP contribution in [0.3, 0.4) is 0 Å². The van der Waals surface area contributed by atoms with Crippen molar-refractivity contribution >= 4 is 35.5 Å². The number of hydrazine groups is 2. The van der Waals surface area contributed by atoms with Crippen LogP contribution in [0.2, 0.25) is 0 Å². The van der Waals surface area contributed by atoms with E-state index in [4.69, 9.17) is 11.7 Å². The van der Waals surface area contributed by atoms with Crippen molar-refractivity contribution in [1.82, 2.24) is 0 Å². The van der Waals surface area contributed by atoms with Crippen LogP contribution in [0.4, 0.5) is 21.0 Å². The molecule has 26 heavy (non-hydrogen) atoms. The van der Waals surface area contributed by atoms with E-state index in [-0.39, 0.29) is 11.4 Å². The van der Waals surface area contributed by atoms with Crippen molar-refractivity contribution in [1.29, 1.82) is 0 Å². The molecule has 0 aliphatic rings. The predicted molar refractivity (Wildman–Crippen MR) is 89.2 cm³/mol. The van der Waals surface area contributed by atoms with Crippen LogP contribution in [-0.4, -0.2) is 24.1 Å². The number of esters is 2. The first-order chi connectivity index (χ1) is 12.4. The van der Waals surface area contributed by atoms with Gasteiger partial charge in [-0.15, -0.1) is 0 Å². The van der Waals surface area contributed by atoms with Gasteiger partial charge in [-0.2, -0.15) is 0 Å². The Labute approximate surface area is 147 Å². The highest BCUT2D eigenvalue weighted by molar-refractivity contribution is 6.33. The Morgan fingerprint density at radius 3 is 1.23 bits per heavy atom. The number of hydrogen-bond donors (Lipinski definition) is 2. The van der Waals surface area contributed by atoms with Gasteiger partial charge in [-0.25, -0.2) is 40.9 Å². The van der Waals surface area contributed by atoms with Gasteiger partial charge in [0.1, 0.15) is 0 Å². The van der Waals surface area contributed by atoms with Crippen molar-refractivity contribution in [2.24, 2.45) is 11.7 Å². The lowest BCUT2D eigenvalue weighted by atomic mass is 10.3. The molecule has 10 nitrogen and oxygen atoms in total. The number of anilines is 2. The second kappa shape index (κ2) is 8.37. The van der Waals surface area contributed by atoms with Crippen LogP contribution in [0.5, 0.6) is 0 Å². The molecule has 134 valence electrons. The SMILES string of the molecule is NN(C(=O)OC(=O)C(=O)OC(=O)N(N)c1ccccc1)c1ccccc1. The van der Waals surface area contributed by atoms with Gasteiger partial charge < -0.3 is 9.47 Å². The molecule has 0 heterocycles. The van der Waals surface area contributed by atoms with Crippen LogP contribution in [0.1, 0.15) is 0 Å². The molecule has 10 heteroatoms. The van der Waals surface area contributed by atoms with Crippen molar-refractivity contribution in [2.45, 2.75) is 0 Å². The summed E-state index contributed by atoms with van der Waals surface area (Å²) >= 11 is 0. The molecule has 0 aliphatic heterocycles. The maximum Gasteiger partial charge on any atom is 0.437 e. The molecule has 2 aromatic rings. The number of nitrogens with two attached hydrogens (primary N) is 2. The van der Waals surface area contributed by atoms with E-state index in [0.29, 0.717) is 10.0 Å². The number of rotatable bonds is 2. The minimum absolute atomic E-state index is 0.215. The molecule has 2 rings (SSSR count). The summed E-state index contributed by atoms with van der Waals surface area (Å²) in [4.78, 5) is 46.6. The number of nitrogens with zero attached hydrogens (tertiary/aromatic N) is 2. The molecular formula is C16H14N4O6. The van der Waals surface area contributed by atoms with Gasteiger partial charge in [0.15, 0.2) is 0 Å². The number of amides is 2. The topological polar surface area (TPSA) is 145 Å². The van der Waals surface area contributed by atoms with Gasteiger partial charge in [0.2, 0.25) is 0 Å². The molecular weight excluding hydrogens is 344 g/mol. The van der Waals surface area contributed by atoms with Gasteiger partial charge in [-0.05, 0) is 24.3 Å². The largest absolute Gasteiger partial charge is 0.437 e. The minimum atomic E-state index is -1.73. The summed E-state index contributed by atoms with van der Waals surface area (Å²) < 4.78 is 8.50. The highest BCUT2D eigenvalue weighted by atomic mass is 16.7. The van der Waals surface area contributed by atoms with E-state index in [9.17, 15) is 19.2 Å². The molecule has 0 spiro atoms. The third-order valence-corrected chi connectivity index (χ3v) is 2.99. The maximum atomic E-state index is 11.7. The minimum Gasteiger partial charge on any atom is -0.366 e. The van der Waals surface area contributed by atoms with Crippen LogP contribution in [0, 0.1) is 0 Å². The lowest BCUT2D eigenvalue weighted by Gasteiger charge is -2.16. The molecule has 0 radical (unpaired) electrons. The summed E-state index contributed by atoms with van der Waals surface area (Å²) in [6.45, 7) is 0. The second-order valence-corrected chi connectivity index (χ2v) is 4.72. The number of benzene rings is 2. The number of ether oxygens (including phenoxy) is 2. The van der Waals surface area contributed by atoms with Gasteiger partial charge in [0, 0.05) is 0 Å². The zero-order valence-electron chi connectivity index (χ0n) is 13.3. The number of hydrogen-bond acceptors (Lipinski definition) is 8. The first-order valence-electron chi connectivity index (χ1n) is 7.12. The molecule has 0 aromatic heterocycles. The molecule has 0 fully saturated rings. The van der Waals surface area contributed by atoms with E-state index < -0.39 is 24.1 Å². The maximum absolute atomic E-state index is 11.7. The molecule has 2 aromatic carbocycles. The average molecular weight is 358 g/mol. The molecule has 0 aliphatic carbocycles. The molecule has 0 atom stereocenters. The van der Waals surface area contributed by atoms with Crippen LogP contribution >= 0.6 is 0 Å². The quantitative estimate of drug-likeness (QED) is 0.202. The first-order valence-corrected chi connectivity index (χ1v) is 7.12. The van der Waals surface area contributed by atoms with E-state index in [1.807, 2.05) is 0 Å². The summed E-state index contributed by atoms with van der Waals surface area (Å²) in [5.74, 6) is 7.49. The Morgan fingerprint density at radius 1 is 0.615 bits per heavy atom. The van der Waals surface area contributed by atoms with Crippen molar-refractivity contribution < 1.29 is 28.7 Å². The van der Waals surface area contributed by atoms with E-state index in [0.717, 1.165) is 0 Å². The lowest BCUT2D eigenvalue weighted by Crippen LogP contribution is -2.43. The molecule has 0 saturated heterocycles. The van der Waals surface area contributed by atoms with Crippen molar-refractivity contribution in [3.05, 3.63) is 60.7 Å². The van der Waals surface area contributed by atoms with Crippen molar-refractivity contribution in [3.8, 4) is 0 Å². The standard InChI is InChI=1S/C16H14N4O6/c17-19(11-7-3-1-4-8-11)15(23)25-13(21)14(22)26-16(24)20(18)12-9-5-2-6-10-12/h1-10H,17-18H2. The molecule has 0 bridgehead atoms. The van der Waals surface area contributed by atoms with E-state index in [1.165, 1.54) is 24.3 Å². The van der Waals surface area contributed by atoms with E-state index >= 15 is 0 Å². The Hall–Kier alpha value is -3.76. The number of carbonyl (C=O) groups is 4. The Kier molecular flexibility index (Phi) is 5.98. The van der Waals surface area contributed by atoms with Crippen LogP contribution in [0.15, 0.2) is 60.7 Å². The molecule has 0 saturated carbocycles. The van der Waals surface area contributed by atoms with E-state index in [2.05, 4.69) is 9.47 Å². The summed E-state index contributed by atoms with van der Waals surface area (Å²) in [5, 5.41) is 1.01. The van der Waals surface area contributed by atoms with Gasteiger partial charge in [-0.1, -0.05) is 36.4 Å². The Bertz CT molecular complexity index is 743. The normalized spacial score (nSPS) is 9.77. The van der Waals surface area contributed by atoms with Gasteiger partial charge in [0.05, 0.1) is 11.4 Å². The monoisotopic (exact) mass is 358 g/mol. The van der Waals surface area contributed by atoms with Gasteiger partial charge >= 0.3 is 24.1 Å². The van der Waals surface area contributed by atoms with Crippen molar-refractivity contribution in [3.63, 3.8) is 0 Å². The smallest absolute Gasteiger partial charge is 0.366 e. The zero-order chi connectivity index (χ0) is 19.1. The Balaban J connectivity index is 1.92. The second-order valence-electron chi connectivity index (χ2n) is 4.72. The van der Waals surface area contributed by atoms with Crippen molar-refractivity contribution in [2.75, 3.05) is 10.0 Å². The predicted octanol–water partition coefficient (Wildman–Crippen LogP) is 1.07. The van der Waals surface area contributed by atoms with Crippen LogP contribution in [0.25, 0.3) is 0 Å². The number of para-hydroxylation sites is 2. The number of carbonyl (C=O) groups excluding carboxylic acids is 4.